The third-order valence-electron chi connectivity index (χ3n) is 3.17. The first-order chi connectivity index (χ1) is 11.7. The highest BCUT2D eigenvalue weighted by Crippen LogP contribution is 2.31. The monoisotopic (exact) mass is 374 g/mol. The first-order valence-electron chi connectivity index (χ1n) is 7.39. The number of alkyl halides is 3. The molecule has 0 aliphatic rings. The highest BCUT2D eigenvalue weighted by Gasteiger charge is 2.37. The van der Waals surface area contributed by atoms with E-state index in [2.05, 4.69) is 15.5 Å². The maximum atomic E-state index is 12.7. The zero-order valence-electron chi connectivity index (χ0n) is 13.8. The SMILES string of the molecule is CCOc1ccc(NC(=O)[C@H](C)Sc2nnc(C(F)(F)F)n2C)cc1. The van der Waals surface area contributed by atoms with Gasteiger partial charge in [0.05, 0.1) is 11.9 Å². The molecule has 10 heteroatoms. The maximum Gasteiger partial charge on any atom is 0.451 e. The molecule has 0 spiro atoms. The summed E-state index contributed by atoms with van der Waals surface area (Å²) < 4.78 is 44.3. The van der Waals surface area contributed by atoms with E-state index in [9.17, 15) is 18.0 Å². The van der Waals surface area contributed by atoms with Crippen LogP contribution in [0, 0.1) is 0 Å². The smallest absolute Gasteiger partial charge is 0.451 e. The van der Waals surface area contributed by atoms with Crippen LogP contribution in [-0.2, 0) is 18.0 Å². The summed E-state index contributed by atoms with van der Waals surface area (Å²) in [4.78, 5) is 12.2. The Hall–Kier alpha value is -2.23. The van der Waals surface area contributed by atoms with Crippen molar-refractivity contribution in [3.05, 3.63) is 30.1 Å². The van der Waals surface area contributed by atoms with E-state index >= 15 is 0 Å². The van der Waals surface area contributed by atoms with Crippen molar-refractivity contribution in [3.8, 4) is 5.75 Å². The van der Waals surface area contributed by atoms with Crippen LogP contribution in [0.1, 0.15) is 19.7 Å². The van der Waals surface area contributed by atoms with Gasteiger partial charge in [-0.05, 0) is 38.1 Å². The molecule has 0 fully saturated rings. The standard InChI is InChI=1S/C15H17F3N4O2S/c1-4-24-11-7-5-10(6-8-11)19-12(23)9(2)25-14-21-20-13(22(14)3)15(16,17)18/h5-9H,4H2,1-3H3,(H,19,23)/t9-/m0/s1. The average molecular weight is 374 g/mol. The second kappa shape index (κ2) is 7.77. The van der Waals surface area contributed by atoms with Crippen LogP contribution in [0.2, 0.25) is 0 Å². The van der Waals surface area contributed by atoms with Gasteiger partial charge in [-0.1, -0.05) is 11.8 Å². The molecule has 0 radical (unpaired) electrons. The molecule has 0 bridgehead atoms. The molecular formula is C15H17F3N4O2S. The number of ether oxygens (including phenoxy) is 1. The first-order valence-corrected chi connectivity index (χ1v) is 8.27. The van der Waals surface area contributed by atoms with E-state index in [-0.39, 0.29) is 11.1 Å². The largest absolute Gasteiger partial charge is 0.494 e. The summed E-state index contributed by atoms with van der Waals surface area (Å²) in [6.07, 6.45) is -4.59. The number of carbonyl (C=O) groups is 1. The Morgan fingerprint density at radius 3 is 2.48 bits per heavy atom. The fourth-order valence-corrected chi connectivity index (χ4v) is 2.74. The predicted molar refractivity (Wildman–Crippen MR) is 87.6 cm³/mol. The number of rotatable bonds is 6. The van der Waals surface area contributed by atoms with Crippen molar-refractivity contribution in [3.63, 3.8) is 0 Å². The van der Waals surface area contributed by atoms with Crippen molar-refractivity contribution in [2.45, 2.75) is 30.4 Å². The van der Waals surface area contributed by atoms with Gasteiger partial charge in [-0.15, -0.1) is 10.2 Å². The minimum absolute atomic E-state index is 0.0154. The van der Waals surface area contributed by atoms with E-state index in [0.29, 0.717) is 18.0 Å². The van der Waals surface area contributed by atoms with Crippen LogP contribution in [0.3, 0.4) is 0 Å². The van der Waals surface area contributed by atoms with Crippen LogP contribution < -0.4 is 10.1 Å². The summed E-state index contributed by atoms with van der Waals surface area (Å²) in [5, 5.41) is 8.69. The van der Waals surface area contributed by atoms with Gasteiger partial charge >= 0.3 is 6.18 Å². The number of aromatic nitrogens is 3. The van der Waals surface area contributed by atoms with E-state index in [4.69, 9.17) is 4.74 Å². The van der Waals surface area contributed by atoms with Crippen LogP contribution in [0.4, 0.5) is 18.9 Å². The van der Waals surface area contributed by atoms with Gasteiger partial charge in [0, 0.05) is 12.7 Å². The molecule has 0 saturated carbocycles. The molecule has 1 amide bonds. The maximum absolute atomic E-state index is 12.7. The third-order valence-corrected chi connectivity index (χ3v) is 4.31. The lowest BCUT2D eigenvalue weighted by Crippen LogP contribution is -2.23. The highest BCUT2D eigenvalue weighted by atomic mass is 32.2. The van der Waals surface area contributed by atoms with Gasteiger partial charge in [-0.2, -0.15) is 13.2 Å². The molecule has 1 aromatic heterocycles. The van der Waals surface area contributed by atoms with Crippen LogP contribution in [0.25, 0.3) is 0 Å². The molecule has 1 heterocycles. The Bertz CT molecular complexity index is 731. The summed E-state index contributed by atoms with van der Waals surface area (Å²) in [5.41, 5.74) is 0.565. The Balaban J connectivity index is 2.00. The number of carbonyl (C=O) groups excluding carboxylic acids is 1. The van der Waals surface area contributed by atoms with Gasteiger partial charge in [0.15, 0.2) is 5.16 Å². The van der Waals surface area contributed by atoms with Gasteiger partial charge < -0.3 is 14.6 Å². The quantitative estimate of drug-likeness (QED) is 0.786. The van der Waals surface area contributed by atoms with Gasteiger partial charge in [0.1, 0.15) is 5.75 Å². The fraction of sp³-hybridized carbons (Fsp3) is 0.400. The lowest BCUT2D eigenvalue weighted by atomic mass is 10.3. The van der Waals surface area contributed by atoms with Crippen molar-refractivity contribution in [1.82, 2.24) is 14.8 Å². The summed E-state index contributed by atoms with van der Waals surface area (Å²) in [7, 11) is 1.21. The zero-order valence-corrected chi connectivity index (χ0v) is 14.6. The van der Waals surface area contributed by atoms with E-state index in [0.717, 1.165) is 16.3 Å². The molecule has 2 aromatic rings. The molecule has 25 heavy (non-hydrogen) atoms. The molecule has 0 unspecified atom stereocenters. The molecule has 0 aliphatic carbocycles. The van der Waals surface area contributed by atoms with E-state index in [1.54, 1.807) is 31.2 Å². The normalized spacial score (nSPS) is 12.7. The molecule has 0 saturated heterocycles. The minimum atomic E-state index is -4.59. The summed E-state index contributed by atoms with van der Waals surface area (Å²) in [6, 6.07) is 6.80. The number of nitrogens with zero attached hydrogens (tertiary/aromatic N) is 3. The Labute approximate surface area is 146 Å². The number of hydrogen-bond acceptors (Lipinski definition) is 5. The Morgan fingerprint density at radius 1 is 1.32 bits per heavy atom. The van der Waals surface area contributed by atoms with E-state index in [1.165, 1.54) is 7.05 Å². The lowest BCUT2D eigenvalue weighted by Gasteiger charge is -2.12. The number of benzene rings is 1. The number of nitrogens with one attached hydrogen (secondary N) is 1. The zero-order chi connectivity index (χ0) is 18.6. The number of anilines is 1. The lowest BCUT2D eigenvalue weighted by molar-refractivity contribution is -0.147. The molecule has 6 nitrogen and oxygen atoms in total. The van der Waals surface area contributed by atoms with Gasteiger partial charge in [0.2, 0.25) is 11.7 Å². The van der Waals surface area contributed by atoms with E-state index < -0.39 is 17.3 Å². The van der Waals surface area contributed by atoms with Crippen molar-refractivity contribution >= 4 is 23.4 Å². The predicted octanol–water partition coefficient (Wildman–Crippen LogP) is 3.35. The summed E-state index contributed by atoms with van der Waals surface area (Å²) in [6.45, 7) is 3.98. The second-order valence-electron chi connectivity index (χ2n) is 5.07. The molecule has 1 atom stereocenters. The molecule has 2 rings (SSSR count). The minimum Gasteiger partial charge on any atom is -0.494 e. The van der Waals surface area contributed by atoms with Gasteiger partial charge in [-0.25, -0.2) is 0 Å². The average Bonchev–Trinajstić information content (AvgIpc) is 2.90. The van der Waals surface area contributed by atoms with Crippen LogP contribution in [-0.4, -0.2) is 32.5 Å². The van der Waals surface area contributed by atoms with Crippen LogP contribution in [0.5, 0.6) is 5.75 Å². The van der Waals surface area contributed by atoms with Crippen LogP contribution >= 0.6 is 11.8 Å². The number of halogens is 3. The van der Waals surface area contributed by atoms with Crippen molar-refractivity contribution in [1.29, 1.82) is 0 Å². The first kappa shape index (κ1) is 19.1. The Morgan fingerprint density at radius 2 is 1.96 bits per heavy atom. The van der Waals surface area contributed by atoms with Crippen molar-refractivity contribution in [2.24, 2.45) is 7.05 Å². The molecule has 136 valence electrons. The molecule has 1 N–H and O–H groups in total. The summed E-state index contributed by atoms with van der Waals surface area (Å²) in [5.74, 6) is -0.776. The topological polar surface area (TPSA) is 69.0 Å². The summed E-state index contributed by atoms with van der Waals surface area (Å²) >= 11 is 0.898. The van der Waals surface area contributed by atoms with Crippen molar-refractivity contribution in [2.75, 3.05) is 11.9 Å². The number of amides is 1. The van der Waals surface area contributed by atoms with Crippen molar-refractivity contribution < 1.29 is 22.7 Å². The van der Waals surface area contributed by atoms with Gasteiger partial charge in [0.25, 0.3) is 0 Å². The van der Waals surface area contributed by atoms with E-state index in [1.807, 2.05) is 6.92 Å². The highest BCUT2D eigenvalue weighted by molar-refractivity contribution is 8.00. The van der Waals surface area contributed by atoms with Crippen LogP contribution in [0.15, 0.2) is 29.4 Å². The van der Waals surface area contributed by atoms with Gasteiger partial charge in [-0.3, -0.25) is 4.79 Å². The fourth-order valence-electron chi connectivity index (χ4n) is 1.92. The molecule has 1 aromatic carbocycles. The third kappa shape index (κ3) is 4.88. The molecule has 0 aliphatic heterocycles. The number of hydrogen-bond donors (Lipinski definition) is 1. The second-order valence-corrected chi connectivity index (χ2v) is 6.38. The number of thioether (sulfide) groups is 1. The molecular weight excluding hydrogens is 357 g/mol. The Kier molecular flexibility index (Phi) is 5.93.